The summed E-state index contributed by atoms with van der Waals surface area (Å²) in [6.07, 6.45) is 0.896. The smallest absolute Gasteiger partial charge is 0.269 e. The minimum Gasteiger partial charge on any atom is -0.357 e. The Labute approximate surface area is 162 Å². The fourth-order valence-electron chi connectivity index (χ4n) is 4.19. The van der Waals surface area contributed by atoms with Gasteiger partial charge in [0.15, 0.2) is 0 Å². The van der Waals surface area contributed by atoms with Crippen molar-refractivity contribution >= 4 is 16.6 Å². The van der Waals surface area contributed by atoms with Crippen LogP contribution < -0.4 is 5.32 Å². The van der Waals surface area contributed by atoms with Crippen LogP contribution in [0.25, 0.3) is 10.9 Å². The lowest BCUT2D eigenvalue weighted by molar-refractivity contribution is -0.384. The Morgan fingerprint density at radius 1 is 0.857 bits per heavy atom. The first-order valence-corrected chi connectivity index (χ1v) is 9.35. The van der Waals surface area contributed by atoms with Crippen LogP contribution in [0, 0.1) is 10.1 Å². The van der Waals surface area contributed by atoms with E-state index in [1.54, 1.807) is 12.1 Å². The van der Waals surface area contributed by atoms with Crippen LogP contribution in [0.5, 0.6) is 0 Å². The predicted molar refractivity (Wildman–Crippen MR) is 109 cm³/mol. The molecule has 5 rings (SSSR count). The zero-order valence-corrected chi connectivity index (χ0v) is 15.1. The van der Waals surface area contributed by atoms with Gasteiger partial charge in [0.1, 0.15) is 0 Å². The molecule has 28 heavy (non-hydrogen) atoms. The van der Waals surface area contributed by atoms with Gasteiger partial charge in [0.2, 0.25) is 0 Å². The largest absolute Gasteiger partial charge is 0.357 e. The first-order chi connectivity index (χ1) is 13.7. The highest BCUT2D eigenvalue weighted by atomic mass is 16.6. The normalized spacial score (nSPS) is 18.7. The van der Waals surface area contributed by atoms with Crippen LogP contribution in [0.4, 0.5) is 5.69 Å². The summed E-state index contributed by atoms with van der Waals surface area (Å²) in [5.74, 6) is 0. The molecule has 0 amide bonds. The maximum Gasteiger partial charge on any atom is 0.269 e. The van der Waals surface area contributed by atoms with Crippen molar-refractivity contribution in [2.45, 2.75) is 18.5 Å². The summed E-state index contributed by atoms with van der Waals surface area (Å²) in [5, 5.41) is 16.0. The van der Waals surface area contributed by atoms with Crippen molar-refractivity contribution in [3.63, 3.8) is 0 Å². The Hall–Kier alpha value is -3.44. The minimum atomic E-state index is -0.362. The van der Waals surface area contributed by atoms with E-state index in [2.05, 4.69) is 52.8 Å². The highest BCUT2D eigenvalue weighted by Crippen LogP contribution is 2.39. The van der Waals surface area contributed by atoms with Crippen molar-refractivity contribution < 1.29 is 4.92 Å². The molecule has 2 N–H and O–H groups in total. The number of para-hydroxylation sites is 1. The van der Waals surface area contributed by atoms with E-state index < -0.39 is 0 Å². The van der Waals surface area contributed by atoms with Gasteiger partial charge in [-0.05, 0) is 29.2 Å². The molecule has 1 aliphatic heterocycles. The van der Waals surface area contributed by atoms with Gasteiger partial charge in [-0.1, -0.05) is 60.7 Å². The van der Waals surface area contributed by atoms with Gasteiger partial charge < -0.3 is 4.98 Å². The van der Waals surface area contributed by atoms with Crippen molar-refractivity contribution in [1.82, 2.24) is 10.3 Å². The van der Waals surface area contributed by atoms with Crippen LogP contribution in [0.3, 0.4) is 0 Å². The monoisotopic (exact) mass is 369 g/mol. The molecule has 4 aromatic rings. The predicted octanol–water partition coefficient (Wildman–Crippen LogP) is 5.05. The summed E-state index contributed by atoms with van der Waals surface area (Å²) in [6, 6.07) is 25.7. The number of non-ortho nitro benzene ring substituents is 1. The molecular weight excluding hydrogens is 350 g/mol. The highest BCUT2D eigenvalue weighted by Gasteiger charge is 2.31. The second-order valence-electron chi connectivity index (χ2n) is 7.18. The third kappa shape index (κ3) is 2.77. The zero-order valence-electron chi connectivity index (χ0n) is 15.1. The van der Waals surface area contributed by atoms with Crippen LogP contribution >= 0.6 is 0 Å². The summed E-state index contributed by atoms with van der Waals surface area (Å²) < 4.78 is 0. The second-order valence-corrected chi connectivity index (χ2v) is 7.18. The molecule has 3 aromatic carbocycles. The molecule has 0 aliphatic carbocycles. The van der Waals surface area contributed by atoms with Gasteiger partial charge in [0, 0.05) is 34.8 Å². The standard InChI is InChI=1S/C23H19N3O2/c27-26(28)17-12-10-16(11-13-17)22-23-19(18-8-4-5-9-20(18)24-23)14-21(25-22)15-6-2-1-3-7-15/h1-13,21-22,24-25H,14H2/t21-,22-/m1/s1. The summed E-state index contributed by atoms with van der Waals surface area (Å²) in [7, 11) is 0. The Morgan fingerprint density at radius 2 is 1.57 bits per heavy atom. The van der Waals surface area contributed by atoms with E-state index in [0.29, 0.717) is 0 Å². The van der Waals surface area contributed by atoms with E-state index in [-0.39, 0.29) is 22.7 Å². The maximum absolute atomic E-state index is 11.0. The van der Waals surface area contributed by atoms with E-state index in [9.17, 15) is 10.1 Å². The summed E-state index contributed by atoms with van der Waals surface area (Å²) in [6.45, 7) is 0. The van der Waals surface area contributed by atoms with E-state index in [1.165, 1.54) is 16.5 Å². The highest BCUT2D eigenvalue weighted by molar-refractivity contribution is 5.85. The van der Waals surface area contributed by atoms with Gasteiger partial charge in [0.05, 0.1) is 11.0 Å². The lowest BCUT2D eigenvalue weighted by Crippen LogP contribution is -2.34. The molecule has 1 aromatic heterocycles. The number of nitrogens with zero attached hydrogens (tertiary/aromatic N) is 1. The summed E-state index contributed by atoms with van der Waals surface area (Å²) in [4.78, 5) is 14.2. The molecule has 2 atom stereocenters. The van der Waals surface area contributed by atoms with E-state index in [1.807, 2.05) is 24.3 Å². The lowest BCUT2D eigenvalue weighted by Gasteiger charge is -2.32. The SMILES string of the molecule is O=[N+]([O-])c1ccc([C@H]2N[C@@H](c3ccccc3)Cc3c2[nH]c2ccccc32)cc1. The average Bonchev–Trinajstić information content (AvgIpc) is 3.12. The second kappa shape index (κ2) is 6.62. The molecule has 0 spiro atoms. The molecule has 1 aliphatic rings. The van der Waals surface area contributed by atoms with Crippen LogP contribution in [-0.4, -0.2) is 9.91 Å². The number of rotatable bonds is 3. The van der Waals surface area contributed by atoms with Gasteiger partial charge in [-0.2, -0.15) is 0 Å². The summed E-state index contributed by atoms with van der Waals surface area (Å²) >= 11 is 0. The maximum atomic E-state index is 11.0. The van der Waals surface area contributed by atoms with Crippen LogP contribution in [0.1, 0.15) is 34.5 Å². The first-order valence-electron chi connectivity index (χ1n) is 9.35. The van der Waals surface area contributed by atoms with Crippen LogP contribution in [0.2, 0.25) is 0 Å². The van der Waals surface area contributed by atoms with Crippen LogP contribution in [-0.2, 0) is 6.42 Å². The molecule has 5 nitrogen and oxygen atoms in total. The molecule has 0 saturated carbocycles. The number of nitro groups is 1. The molecule has 138 valence electrons. The fraction of sp³-hybridized carbons (Fsp3) is 0.130. The average molecular weight is 369 g/mol. The quantitative estimate of drug-likeness (QED) is 0.392. The number of aromatic amines is 1. The zero-order chi connectivity index (χ0) is 19.1. The number of aromatic nitrogens is 1. The number of benzene rings is 3. The van der Waals surface area contributed by atoms with E-state index in [4.69, 9.17) is 0 Å². The number of nitrogens with one attached hydrogen (secondary N) is 2. The third-order valence-corrected chi connectivity index (χ3v) is 5.55. The molecular formula is C23H19N3O2. The Kier molecular flexibility index (Phi) is 3.95. The van der Waals surface area contributed by atoms with Crippen molar-refractivity contribution in [2.24, 2.45) is 0 Å². The molecule has 0 unspecified atom stereocenters. The Morgan fingerprint density at radius 3 is 2.32 bits per heavy atom. The number of nitro benzene ring substituents is 1. The van der Waals surface area contributed by atoms with Crippen molar-refractivity contribution in [3.8, 4) is 0 Å². The molecule has 2 heterocycles. The molecule has 0 fully saturated rings. The van der Waals surface area contributed by atoms with Gasteiger partial charge in [0.25, 0.3) is 5.69 Å². The topological polar surface area (TPSA) is 71.0 Å². The number of fused-ring (bicyclic) bond motifs is 3. The van der Waals surface area contributed by atoms with Gasteiger partial charge in [-0.3, -0.25) is 15.4 Å². The minimum absolute atomic E-state index is 0.0536. The molecule has 0 bridgehead atoms. The van der Waals surface area contributed by atoms with Crippen molar-refractivity contribution in [1.29, 1.82) is 0 Å². The fourth-order valence-corrected chi connectivity index (χ4v) is 4.19. The lowest BCUT2D eigenvalue weighted by atomic mass is 9.87. The number of hydrogen-bond acceptors (Lipinski definition) is 3. The third-order valence-electron chi connectivity index (χ3n) is 5.55. The Balaban J connectivity index is 1.64. The van der Waals surface area contributed by atoms with Gasteiger partial charge in [-0.15, -0.1) is 0 Å². The van der Waals surface area contributed by atoms with E-state index >= 15 is 0 Å². The summed E-state index contributed by atoms with van der Waals surface area (Å²) in [5.41, 5.74) is 5.93. The van der Waals surface area contributed by atoms with Crippen molar-refractivity contribution in [2.75, 3.05) is 0 Å². The number of hydrogen-bond donors (Lipinski definition) is 2. The van der Waals surface area contributed by atoms with Gasteiger partial charge >= 0.3 is 0 Å². The van der Waals surface area contributed by atoms with E-state index in [0.717, 1.165) is 23.2 Å². The molecule has 0 saturated heterocycles. The number of H-pyrrole nitrogens is 1. The van der Waals surface area contributed by atoms with Crippen LogP contribution in [0.15, 0.2) is 78.9 Å². The van der Waals surface area contributed by atoms with Gasteiger partial charge in [-0.25, -0.2) is 0 Å². The van der Waals surface area contributed by atoms with Crippen molar-refractivity contribution in [3.05, 3.63) is 111 Å². The first kappa shape index (κ1) is 16.7. The Bertz CT molecular complexity index is 1150. The molecule has 0 radical (unpaired) electrons. The molecule has 5 heteroatoms.